The van der Waals surface area contributed by atoms with Crippen LogP contribution in [0, 0.1) is 29.1 Å². The number of ether oxygens (including phenoxy) is 1. The summed E-state index contributed by atoms with van der Waals surface area (Å²) in [7, 11) is 0. The zero-order valence-corrected chi connectivity index (χ0v) is 12.8. The van der Waals surface area contributed by atoms with E-state index < -0.39 is 0 Å². The Morgan fingerprint density at radius 3 is 2.95 bits per heavy atom. The van der Waals surface area contributed by atoms with Crippen molar-refractivity contribution in [2.75, 3.05) is 0 Å². The number of rotatable bonds is 4. The van der Waals surface area contributed by atoms with Crippen molar-refractivity contribution >= 4 is 5.97 Å². The van der Waals surface area contributed by atoms with Gasteiger partial charge in [-0.1, -0.05) is 27.2 Å². The van der Waals surface area contributed by atoms with Crippen molar-refractivity contribution in [3.05, 3.63) is 12.2 Å². The van der Waals surface area contributed by atoms with Gasteiger partial charge in [0.15, 0.2) is 0 Å². The first-order chi connectivity index (χ1) is 9.99. The molecular formula is C15H22N4O2. The van der Waals surface area contributed by atoms with Crippen molar-refractivity contribution < 1.29 is 9.53 Å². The van der Waals surface area contributed by atoms with E-state index in [4.69, 9.17) is 10.00 Å². The minimum absolute atomic E-state index is 0.00434. The molecule has 1 aromatic heterocycles. The largest absolute Gasteiger partial charge is 0.461 e. The standard InChI is InChI=1S/C15H22N4O2/c1-10(2)12-5-4-11(3)6-13(12)21-15(20)8-19-9-17-14(7-16)18-19/h9-13H,4-6,8H2,1-3H3/t11-,12+,13+/m1/s1. The number of nitrogens with zero attached hydrogens (tertiary/aromatic N) is 4. The summed E-state index contributed by atoms with van der Waals surface area (Å²) in [4.78, 5) is 15.8. The van der Waals surface area contributed by atoms with Crippen LogP contribution in [0.15, 0.2) is 6.33 Å². The minimum atomic E-state index is -0.311. The molecule has 0 unspecified atom stereocenters. The first kappa shape index (κ1) is 15.5. The molecule has 0 spiro atoms. The summed E-state index contributed by atoms with van der Waals surface area (Å²) in [5, 5.41) is 12.5. The second-order valence-electron chi connectivity index (χ2n) is 6.23. The highest BCUT2D eigenvalue weighted by molar-refractivity contribution is 5.69. The van der Waals surface area contributed by atoms with Crippen LogP contribution in [0.5, 0.6) is 0 Å². The van der Waals surface area contributed by atoms with Crippen LogP contribution < -0.4 is 0 Å². The quantitative estimate of drug-likeness (QED) is 0.794. The Labute approximate surface area is 125 Å². The number of hydrogen-bond acceptors (Lipinski definition) is 5. The van der Waals surface area contributed by atoms with Gasteiger partial charge in [-0.3, -0.25) is 4.79 Å². The molecule has 1 aliphatic rings. The van der Waals surface area contributed by atoms with E-state index in [0.717, 1.165) is 12.8 Å². The van der Waals surface area contributed by atoms with Gasteiger partial charge in [0.25, 0.3) is 5.82 Å². The van der Waals surface area contributed by atoms with E-state index in [1.165, 1.54) is 17.4 Å². The van der Waals surface area contributed by atoms with Crippen LogP contribution in [0.3, 0.4) is 0 Å². The summed E-state index contributed by atoms with van der Waals surface area (Å²) in [5.41, 5.74) is 0. The smallest absolute Gasteiger partial charge is 0.328 e. The van der Waals surface area contributed by atoms with Crippen LogP contribution in [0.25, 0.3) is 0 Å². The molecule has 1 saturated carbocycles. The predicted octanol–water partition coefficient (Wildman–Crippen LogP) is 2.15. The van der Waals surface area contributed by atoms with Crippen LogP contribution in [-0.4, -0.2) is 26.8 Å². The first-order valence-corrected chi connectivity index (χ1v) is 7.48. The number of carbonyl (C=O) groups is 1. The van der Waals surface area contributed by atoms with Gasteiger partial charge in [-0.2, -0.15) is 5.26 Å². The van der Waals surface area contributed by atoms with E-state index in [9.17, 15) is 4.79 Å². The van der Waals surface area contributed by atoms with Gasteiger partial charge in [0, 0.05) is 0 Å². The molecule has 0 saturated heterocycles. The molecule has 1 aliphatic carbocycles. The topological polar surface area (TPSA) is 80.8 Å². The fourth-order valence-electron chi connectivity index (χ4n) is 3.01. The van der Waals surface area contributed by atoms with E-state index in [1.807, 2.05) is 6.07 Å². The molecule has 114 valence electrons. The number of esters is 1. The number of carbonyl (C=O) groups excluding carboxylic acids is 1. The maximum Gasteiger partial charge on any atom is 0.328 e. The van der Waals surface area contributed by atoms with E-state index in [1.54, 1.807) is 0 Å². The van der Waals surface area contributed by atoms with Gasteiger partial charge in [-0.25, -0.2) is 9.67 Å². The Morgan fingerprint density at radius 1 is 1.57 bits per heavy atom. The van der Waals surface area contributed by atoms with Crippen molar-refractivity contribution in [1.29, 1.82) is 5.26 Å². The lowest BCUT2D eigenvalue weighted by Crippen LogP contribution is -2.36. The summed E-state index contributed by atoms with van der Waals surface area (Å²) < 4.78 is 7.02. The monoisotopic (exact) mass is 290 g/mol. The third-order valence-corrected chi connectivity index (χ3v) is 4.17. The zero-order chi connectivity index (χ0) is 15.4. The lowest BCUT2D eigenvalue weighted by Gasteiger charge is -2.36. The van der Waals surface area contributed by atoms with Gasteiger partial charge in [0.05, 0.1) is 0 Å². The van der Waals surface area contributed by atoms with Gasteiger partial charge in [0.2, 0.25) is 0 Å². The van der Waals surface area contributed by atoms with Gasteiger partial charge >= 0.3 is 5.97 Å². The third kappa shape index (κ3) is 4.03. The molecule has 1 heterocycles. The van der Waals surface area contributed by atoms with Gasteiger partial charge in [-0.05, 0) is 30.6 Å². The number of nitriles is 1. The van der Waals surface area contributed by atoms with Crippen molar-refractivity contribution in [1.82, 2.24) is 14.8 Å². The Balaban J connectivity index is 1.95. The van der Waals surface area contributed by atoms with E-state index >= 15 is 0 Å². The number of aromatic nitrogens is 3. The average molecular weight is 290 g/mol. The third-order valence-electron chi connectivity index (χ3n) is 4.17. The van der Waals surface area contributed by atoms with Crippen molar-refractivity contribution in [2.24, 2.45) is 17.8 Å². The van der Waals surface area contributed by atoms with Crippen molar-refractivity contribution in [3.8, 4) is 6.07 Å². The fourth-order valence-corrected chi connectivity index (χ4v) is 3.01. The Kier molecular flexibility index (Phi) is 4.94. The molecule has 6 heteroatoms. The maximum absolute atomic E-state index is 12.1. The zero-order valence-electron chi connectivity index (χ0n) is 12.8. The Bertz CT molecular complexity index is 532. The first-order valence-electron chi connectivity index (χ1n) is 7.48. The van der Waals surface area contributed by atoms with E-state index in [0.29, 0.717) is 17.8 Å². The lowest BCUT2D eigenvalue weighted by molar-refractivity contribution is -0.156. The molecule has 0 N–H and O–H groups in total. The second kappa shape index (κ2) is 6.70. The summed E-state index contributed by atoms with van der Waals surface area (Å²) in [6.45, 7) is 6.56. The molecule has 6 nitrogen and oxygen atoms in total. The molecule has 1 fully saturated rings. The van der Waals surface area contributed by atoms with Crippen LogP contribution in [0.2, 0.25) is 0 Å². The molecular weight excluding hydrogens is 268 g/mol. The normalized spacial score (nSPS) is 25.6. The van der Waals surface area contributed by atoms with Crippen LogP contribution in [0.4, 0.5) is 0 Å². The predicted molar refractivity (Wildman–Crippen MR) is 76.0 cm³/mol. The van der Waals surface area contributed by atoms with E-state index in [2.05, 4.69) is 30.9 Å². The van der Waals surface area contributed by atoms with E-state index in [-0.39, 0.29) is 24.4 Å². The molecule has 3 atom stereocenters. The summed E-state index contributed by atoms with van der Waals surface area (Å²) >= 11 is 0. The summed E-state index contributed by atoms with van der Waals surface area (Å²) in [6.07, 6.45) is 4.60. The van der Waals surface area contributed by atoms with Crippen molar-refractivity contribution in [2.45, 2.75) is 52.7 Å². The number of hydrogen-bond donors (Lipinski definition) is 0. The molecule has 0 aliphatic heterocycles. The van der Waals surface area contributed by atoms with Gasteiger partial charge in [-0.15, -0.1) is 5.10 Å². The Hall–Kier alpha value is -1.90. The molecule has 21 heavy (non-hydrogen) atoms. The van der Waals surface area contributed by atoms with Crippen molar-refractivity contribution in [3.63, 3.8) is 0 Å². The second-order valence-corrected chi connectivity index (χ2v) is 6.23. The Morgan fingerprint density at radius 2 is 2.33 bits per heavy atom. The molecule has 0 radical (unpaired) electrons. The SMILES string of the molecule is CC(C)[C@@H]1CC[C@@H](C)C[C@@H]1OC(=O)Cn1cnc(C#N)n1. The summed E-state index contributed by atoms with van der Waals surface area (Å²) in [5.74, 6) is 1.28. The maximum atomic E-state index is 12.1. The fraction of sp³-hybridized carbons (Fsp3) is 0.733. The highest BCUT2D eigenvalue weighted by Gasteiger charge is 2.33. The highest BCUT2D eigenvalue weighted by Crippen LogP contribution is 2.35. The lowest BCUT2D eigenvalue weighted by atomic mass is 9.75. The van der Waals surface area contributed by atoms with Crippen LogP contribution in [0.1, 0.15) is 45.9 Å². The minimum Gasteiger partial charge on any atom is -0.461 e. The van der Waals surface area contributed by atoms with Gasteiger partial charge in [0.1, 0.15) is 25.0 Å². The molecule has 2 rings (SSSR count). The molecule has 0 aromatic carbocycles. The molecule has 0 bridgehead atoms. The molecule has 0 amide bonds. The molecule has 1 aromatic rings. The average Bonchev–Trinajstić information content (AvgIpc) is 2.85. The van der Waals surface area contributed by atoms with Crippen LogP contribution in [-0.2, 0) is 16.1 Å². The highest BCUT2D eigenvalue weighted by atomic mass is 16.5. The van der Waals surface area contributed by atoms with Gasteiger partial charge < -0.3 is 4.74 Å². The van der Waals surface area contributed by atoms with Crippen LogP contribution >= 0.6 is 0 Å². The summed E-state index contributed by atoms with van der Waals surface area (Å²) in [6, 6.07) is 1.83.